The number of nitrogens with two attached hydrogens (primary N) is 7. The van der Waals surface area contributed by atoms with Crippen molar-refractivity contribution in [2.24, 2.45) is 61.0 Å². The second kappa shape index (κ2) is 29.3. The summed E-state index contributed by atoms with van der Waals surface area (Å²) in [5.41, 5.74) is 39.6. The van der Waals surface area contributed by atoms with Gasteiger partial charge in [-0.3, -0.25) is 53.4 Å². The highest BCUT2D eigenvalue weighted by molar-refractivity contribution is 5.98. The van der Waals surface area contributed by atoms with Crippen molar-refractivity contribution in [2.75, 3.05) is 52.5 Å². The molecule has 28 heteroatoms. The molecule has 0 bridgehead atoms. The second-order valence-electron chi connectivity index (χ2n) is 23.0. The maximum atomic E-state index is 15.3. The third-order valence-corrected chi connectivity index (χ3v) is 17.5. The zero-order valence-electron chi connectivity index (χ0n) is 47.6. The first-order chi connectivity index (χ1) is 39.7. The summed E-state index contributed by atoms with van der Waals surface area (Å²) in [7, 11) is 0. The molecule has 4 heterocycles. The summed E-state index contributed by atoms with van der Waals surface area (Å²) < 4.78 is 0. The third kappa shape index (κ3) is 15.9. The monoisotopic (exact) mass is 1160 g/mol. The minimum Gasteiger partial charge on any atom is -0.480 e. The van der Waals surface area contributed by atoms with Gasteiger partial charge in [0.2, 0.25) is 41.4 Å². The van der Waals surface area contributed by atoms with Crippen LogP contribution >= 0.6 is 0 Å². The molecular formula is C55H88N18O10. The van der Waals surface area contributed by atoms with E-state index in [0.29, 0.717) is 25.7 Å². The standard InChI is InChI=1S/C55H88N18O10/c56-37(16-8-22-63-52(57)58)45(76)67-38(17-9-23-64-53(59)60)47(78)69-25-20-55(21-26-69)51(83)70(32-72(55)36-14-2-1-3-15-36)30-44(75)66-40(31-74)48(79)71-29-35-13-5-4-11-33(35)27-43(71)49(80)73-41-19-7-6-12-34(41)28-42(73)46(77)68-39(50(81)82)18-10-24-65-54(61)62/h4-5,11,13,34,36-43,74H,1-3,6-10,12,14-32,56H2,(H,66,75)(H,67,76)(H,68,77)(H,81,82)(H4,57,58,63)(H4,59,60,64)(H4,61,62,65). The van der Waals surface area contributed by atoms with Crippen molar-refractivity contribution in [3.63, 3.8) is 0 Å². The van der Waals surface area contributed by atoms with Gasteiger partial charge in [-0.15, -0.1) is 0 Å². The van der Waals surface area contributed by atoms with Gasteiger partial charge in [0.05, 0.1) is 19.3 Å². The first-order valence-electron chi connectivity index (χ1n) is 29.4. The molecule has 83 heavy (non-hydrogen) atoms. The molecular weight excluding hydrogens is 1070 g/mol. The summed E-state index contributed by atoms with van der Waals surface area (Å²) in [6.45, 7) is -0.210. The van der Waals surface area contributed by atoms with Crippen LogP contribution in [0.25, 0.3) is 0 Å². The number of nitrogens with zero attached hydrogens (tertiary/aromatic N) is 8. The number of likely N-dealkylation sites (tertiary alicyclic amines) is 2. The number of piperidine rings is 1. The topological polar surface area (TPSA) is 449 Å². The Morgan fingerprint density at radius 2 is 1.29 bits per heavy atom. The number of hydrogen-bond donors (Lipinski definition) is 12. The van der Waals surface area contributed by atoms with Crippen molar-refractivity contribution >= 4 is 65.2 Å². The van der Waals surface area contributed by atoms with E-state index in [4.69, 9.17) is 40.1 Å². The number of carbonyl (C=O) groups excluding carboxylic acids is 7. The normalized spacial score (nSPS) is 22.9. The molecule has 1 spiro atoms. The van der Waals surface area contributed by atoms with E-state index in [9.17, 15) is 43.8 Å². The number of aliphatic hydroxyl groups is 1. The summed E-state index contributed by atoms with van der Waals surface area (Å²) in [4.78, 5) is 134. The molecule has 4 aliphatic heterocycles. The molecule has 0 aromatic heterocycles. The van der Waals surface area contributed by atoms with E-state index in [1.54, 1.807) is 9.80 Å². The SMILES string of the molecule is NC(N)=NCCCC(N)C(=O)NC(CCCN=C(N)N)C(=O)N1CCC2(CC1)C(=O)N(CC(=O)NC(CO)C(=O)N1Cc3ccccc3CC1C(=O)N1C(C(=O)NC(CCCN=C(N)N)C(=O)O)CC3CCCCC31)CN2C1CCCCC1. The van der Waals surface area contributed by atoms with Gasteiger partial charge in [-0.2, -0.15) is 0 Å². The molecule has 19 N–H and O–H groups in total. The Morgan fingerprint density at radius 3 is 1.90 bits per heavy atom. The van der Waals surface area contributed by atoms with Crippen LogP contribution in [0.3, 0.4) is 0 Å². The van der Waals surface area contributed by atoms with Gasteiger partial charge < -0.3 is 85.9 Å². The first kappa shape index (κ1) is 63.3. The number of benzene rings is 1. The van der Waals surface area contributed by atoms with Crippen LogP contribution in [0.5, 0.6) is 0 Å². The molecule has 3 saturated heterocycles. The minimum absolute atomic E-state index is 0.0213. The molecule has 7 amide bonds. The number of hydrogen-bond acceptors (Lipinski definition) is 14. The average molecular weight is 1160 g/mol. The molecule has 7 rings (SSSR count). The Morgan fingerprint density at radius 1 is 0.699 bits per heavy atom. The molecule has 5 fully saturated rings. The Bertz CT molecular complexity index is 2580. The lowest BCUT2D eigenvalue weighted by Gasteiger charge is -2.46. The van der Waals surface area contributed by atoms with Gasteiger partial charge >= 0.3 is 5.97 Å². The molecule has 8 unspecified atom stereocenters. The van der Waals surface area contributed by atoms with Gasteiger partial charge in [0.1, 0.15) is 42.3 Å². The number of nitrogens with one attached hydrogen (secondary N) is 3. The summed E-state index contributed by atoms with van der Waals surface area (Å²) >= 11 is 0. The number of fused-ring (bicyclic) bond motifs is 2. The molecule has 458 valence electrons. The Labute approximate surface area is 484 Å². The summed E-state index contributed by atoms with van der Waals surface area (Å²) in [6, 6.07) is 0.128. The smallest absolute Gasteiger partial charge is 0.326 e. The fourth-order valence-corrected chi connectivity index (χ4v) is 13.3. The lowest BCUT2D eigenvalue weighted by atomic mass is 9.82. The van der Waals surface area contributed by atoms with Gasteiger partial charge in [-0.1, -0.05) is 56.4 Å². The largest absolute Gasteiger partial charge is 0.480 e. The number of aliphatic hydroxyl groups excluding tert-OH is 1. The predicted molar refractivity (Wildman–Crippen MR) is 308 cm³/mol. The Hall–Kier alpha value is -7.33. The van der Waals surface area contributed by atoms with E-state index >= 15 is 4.79 Å². The molecule has 0 radical (unpaired) electrons. The minimum atomic E-state index is -1.53. The number of amides is 7. The van der Waals surface area contributed by atoms with E-state index < -0.39 is 90.4 Å². The van der Waals surface area contributed by atoms with Crippen LogP contribution in [-0.2, 0) is 51.3 Å². The van der Waals surface area contributed by atoms with Crippen molar-refractivity contribution in [1.82, 2.24) is 40.4 Å². The van der Waals surface area contributed by atoms with Crippen LogP contribution in [0, 0.1) is 5.92 Å². The number of carboxylic acid groups (broad SMARTS) is 1. The van der Waals surface area contributed by atoms with Crippen LogP contribution in [0.4, 0.5) is 0 Å². The van der Waals surface area contributed by atoms with Crippen LogP contribution in [0.2, 0.25) is 0 Å². The maximum Gasteiger partial charge on any atom is 0.326 e. The van der Waals surface area contributed by atoms with E-state index in [1.807, 2.05) is 24.3 Å². The molecule has 1 aromatic rings. The van der Waals surface area contributed by atoms with Crippen LogP contribution < -0.4 is 56.1 Å². The van der Waals surface area contributed by atoms with Crippen LogP contribution in [-0.4, -0.2) is 206 Å². The lowest BCUT2D eigenvalue weighted by Crippen LogP contribution is -2.62. The molecule has 2 saturated carbocycles. The fourth-order valence-electron chi connectivity index (χ4n) is 13.3. The molecule has 1 aromatic carbocycles. The number of rotatable bonds is 25. The van der Waals surface area contributed by atoms with Gasteiger partial charge in [0.15, 0.2) is 17.9 Å². The quantitative estimate of drug-likeness (QED) is 0.0262. The maximum absolute atomic E-state index is 15.3. The van der Waals surface area contributed by atoms with Crippen molar-refractivity contribution in [1.29, 1.82) is 0 Å². The number of carbonyl (C=O) groups is 8. The Balaban J connectivity index is 1.05. The van der Waals surface area contributed by atoms with Crippen molar-refractivity contribution in [3.8, 4) is 0 Å². The van der Waals surface area contributed by atoms with E-state index in [1.165, 1.54) is 9.80 Å². The zero-order valence-corrected chi connectivity index (χ0v) is 47.6. The highest BCUT2D eigenvalue weighted by atomic mass is 16.4. The summed E-state index contributed by atoms with van der Waals surface area (Å²) in [6.07, 6.45) is 10.2. The lowest BCUT2D eigenvalue weighted by molar-refractivity contribution is -0.153. The van der Waals surface area contributed by atoms with Gasteiger partial charge in [0, 0.05) is 57.8 Å². The fraction of sp³-hybridized carbons (Fsp3) is 0.691. The molecule has 8 atom stereocenters. The third-order valence-electron chi connectivity index (χ3n) is 17.5. The highest BCUT2D eigenvalue weighted by Gasteiger charge is 2.57. The van der Waals surface area contributed by atoms with E-state index in [-0.39, 0.29) is 139 Å². The first-order valence-corrected chi connectivity index (χ1v) is 29.4. The van der Waals surface area contributed by atoms with Crippen LogP contribution in [0.1, 0.15) is 127 Å². The average Bonchev–Trinajstić information content (AvgIpc) is 2.37. The predicted octanol–water partition coefficient (Wildman–Crippen LogP) is -3.09. The number of aliphatic imine (C=N–C) groups is 3. The van der Waals surface area contributed by atoms with Crippen molar-refractivity contribution in [3.05, 3.63) is 35.4 Å². The van der Waals surface area contributed by atoms with E-state index in [2.05, 4.69) is 35.8 Å². The number of aliphatic carboxylic acids is 1. The van der Waals surface area contributed by atoms with E-state index in [0.717, 1.165) is 62.5 Å². The summed E-state index contributed by atoms with van der Waals surface area (Å²) in [5.74, 6) is -5.34. The molecule has 6 aliphatic rings. The van der Waals surface area contributed by atoms with Crippen molar-refractivity contribution < 1.29 is 48.6 Å². The second-order valence-corrected chi connectivity index (χ2v) is 23.0. The van der Waals surface area contributed by atoms with Gasteiger partial charge in [-0.05, 0) is 101 Å². The molecule has 2 aliphatic carbocycles. The van der Waals surface area contributed by atoms with Crippen LogP contribution in [0.15, 0.2) is 39.2 Å². The van der Waals surface area contributed by atoms with Gasteiger partial charge in [0.25, 0.3) is 0 Å². The zero-order chi connectivity index (χ0) is 60.0. The number of guanidine groups is 3. The van der Waals surface area contributed by atoms with Crippen molar-refractivity contribution in [2.45, 2.75) is 182 Å². The molecule has 28 nitrogen and oxygen atoms in total. The Kier molecular flexibility index (Phi) is 22.3. The highest BCUT2D eigenvalue weighted by Crippen LogP contribution is 2.43. The number of carboxylic acids is 1. The van der Waals surface area contributed by atoms with Gasteiger partial charge in [-0.25, -0.2) is 4.79 Å². The summed E-state index contributed by atoms with van der Waals surface area (Å²) in [5, 5.41) is 29.2.